The van der Waals surface area contributed by atoms with E-state index in [-0.39, 0.29) is 6.61 Å². The molecule has 2 rings (SSSR count). The minimum Gasteiger partial charge on any atom is -0.396 e. The van der Waals surface area contributed by atoms with Crippen LogP contribution in [0.2, 0.25) is 4.34 Å². The predicted octanol–water partition coefficient (Wildman–Crippen LogP) is 1.99. The average molecular weight is 231 g/mol. The Hall–Kier alpha value is -0.910. The molecule has 0 spiro atoms. The van der Waals surface area contributed by atoms with Gasteiger partial charge >= 0.3 is 0 Å². The number of aliphatic hydroxyl groups is 1. The first kappa shape index (κ1) is 9.64. The smallest absolute Gasteiger partial charge is 0.268 e. The molecule has 0 aliphatic carbocycles. The summed E-state index contributed by atoms with van der Waals surface area (Å²) in [5.74, 6) is 0.956. The van der Waals surface area contributed by atoms with Gasteiger partial charge in [0.2, 0.25) is 0 Å². The fourth-order valence-electron chi connectivity index (χ4n) is 0.985. The van der Waals surface area contributed by atoms with E-state index in [9.17, 15) is 0 Å². The fourth-order valence-corrected chi connectivity index (χ4v) is 1.95. The molecular weight excluding hydrogens is 224 g/mol. The maximum atomic E-state index is 8.66. The van der Waals surface area contributed by atoms with Crippen molar-refractivity contribution in [1.82, 2.24) is 10.1 Å². The third-order valence-corrected chi connectivity index (χ3v) is 2.81. The summed E-state index contributed by atoms with van der Waals surface area (Å²) in [6, 6.07) is 3.60. The molecule has 0 bridgehead atoms. The quantitative estimate of drug-likeness (QED) is 0.876. The maximum absolute atomic E-state index is 8.66. The van der Waals surface area contributed by atoms with Crippen LogP contribution in [0.1, 0.15) is 5.82 Å². The van der Waals surface area contributed by atoms with Crippen LogP contribution in [0.25, 0.3) is 10.8 Å². The van der Waals surface area contributed by atoms with Gasteiger partial charge in [0.15, 0.2) is 5.82 Å². The highest BCUT2D eigenvalue weighted by Gasteiger charge is 2.10. The molecular formula is C8H7ClN2O2S. The van der Waals surface area contributed by atoms with Crippen molar-refractivity contribution in [3.63, 3.8) is 0 Å². The standard InChI is InChI=1S/C8H7ClN2O2S/c9-6-2-1-5(14-6)8-10-7(3-4-12)11-13-8/h1-2,12H,3-4H2. The third-order valence-electron chi connectivity index (χ3n) is 1.59. The molecule has 74 valence electrons. The number of hydrogen-bond donors (Lipinski definition) is 1. The zero-order chi connectivity index (χ0) is 9.97. The second kappa shape index (κ2) is 4.08. The molecule has 4 nitrogen and oxygen atoms in total. The van der Waals surface area contributed by atoms with Crippen molar-refractivity contribution >= 4 is 22.9 Å². The van der Waals surface area contributed by atoms with Crippen LogP contribution in [-0.4, -0.2) is 21.9 Å². The summed E-state index contributed by atoms with van der Waals surface area (Å²) in [6.07, 6.45) is 0.405. The zero-order valence-corrected chi connectivity index (χ0v) is 8.68. The van der Waals surface area contributed by atoms with Crippen LogP contribution < -0.4 is 0 Å². The van der Waals surface area contributed by atoms with Crippen LogP contribution >= 0.6 is 22.9 Å². The van der Waals surface area contributed by atoms with Crippen molar-refractivity contribution in [2.24, 2.45) is 0 Å². The summed E-state index contributed by atoms with van der Waals surface area (Å²) in [6.45, 7) is 0.0180. The summed E-state index contributed by atoms with van der Waals surface area (Å²) in [4.78, 5) is 4.94. The number of thiophene rings is 1. The molecule has 0 atom stereocenters. The van der Waals surface area contributed by atoms with E-state index in [0.29, 0.717) is 22.5 Å². The van der Waals surface area contributed by atoms with E-state index in [1.54, 1.807) is 6.07 Å². The number of aromatic nitrogens is 2. The number of hydrogen-bond acceptors (Lipinski definition) is 5. The van der Waals surface area contributed by atoms with Gasteiger partial charge in [-0.25, -0.2) is 0 Å². The minimum atomic E-state index is 0.0180. The molecule has 1 N–H and O–H groups in total. The Labute approximate surface area is 89.1 Å². The molecule has 2 aromatic rings. The summed E-state index contributed by atoms with van der Waals surface area (Å²) < 4.78 is 5.68. The van der Waals surface area contributed by atoms with Gasteiger partial charge in [-0.05, 0) is 12.1 Å². The number of rotatable bonds is 3. The SMILES string of the molecule is OCCc1noc(-c2ccc(Cl)s2)n1. The predicted molar refractivity (Wildman–Crippen MR) is 53.4 cm³/mol. The number of aliphatic hydroxyl groups excluding tert-OH is 1. The Morgan fingerprint density at radius 2 is 2.36 bits per heavy atom. The first-order valence-corrected chi connectivity index (χ1v) is 5.18. The molecule has 0 saturated heterocycles. The lowest BCUT2D eigenvalue weighted by atomic mass is 10.4. The van der Waals surface area contributed by atoms with E-state index < -0.39 is 0 Å². The average Bonchev–Trinajstić information content (AvgIpc) is 2.74. The van der Waals surface area contributed by atoms with E-state index in [0.717, 1.165) is 4.88 Å². The van der Waals surface area contributed by atoms with Gasteiger partial charge in [-0.1, -0.05) is 16.8 Å². The number of halogens is 1. The van der Waals surface area contributed by atoms with E-state index in [1.165, 1.54) is 11.3 Å². The van der Waals surface area contributed by atoms with Crippen molar-refractivity contribution in [3.05, 3.63) is 22.3 Å². The molecule has 0 amide bonds. The molecule has 14 heavy (non-hydrogen) atoms. The molecule has 0 aliphatic heterocycles. The van der Waals surface area contributed by atoms with Crippen LogP contribution in [0.15, 0.2) is 16.7 Å². The Kier molecular flexibility index (Phi) is 2.81. The Balaban J connectivity index is 2.24. The highest BCUT2D eigenvalue weighted by Crippen LogP contribution is 2.29. The van der Waals surface area contributed by atoms with Gasteiger partial charge in [0, 0.05) is 6.42 Å². The monoisotopic (exact) mass is 230 g/mol. The third kappa shape index (κ3) is 1.95. The molecule has 0 aliphatic rings. The summed E-state index contributed by atoms with van der Waals surface area (Å²) in [5, 5.41) is 12.4. The first-order chi connectivity index (χ1) is 6.79. The first-order valence-electron chi connectivity index (χ1n) is 3.99. The fraction of sp³-hybridized carbons (Fsp3) is 0.250. The van der Waals surface area contributed by atoms with Crippen LogP contribution in [0, 0.1) is 0 Å². The second-order valence-corrected chi connectivity index (χ2v) is 4.31. The molecule has 0 fully saturated rings. The largest absolute Gasteiger partial charge is 0.396 e. The Morgan fingerprint density at radius 3 is 3.00 bits per heavy atom. The van der Waals surface area contributed by atoms with Crippen LogP contribution in [0.3, 0.4) is 0 Å². The zero-order valence-electron chi connectivity index (χ0n) is 7.11. The molecule has 0 radical (unpaired) electrons. The van der Waals surface area contributed by atoms with Gasteiger partial charge in [-0.3, -0.25) is 0 Å². The van der Waals surface area contributed by atoms with Crippen LogP contribution in [0.4, 0.5) is 0 Å². The molecule has 0 unspecified atom stereocenters. The maximum Gasteiger partial charge on any atom is 0.268 e. The lowest BCUT2D eigenvalue weighted by molar-refractivity contribution is 0.293. The highest BCUT2D eigenvalue weighted by molar-refractivity contribution is 7.19. The van der Waals surface area contributed by atoms with Crippen molar-refractivity contribution in [1.29, 1.82) is 0 Å². The molecule has 2 heterocycles. The van der Waals surface area contributed by atoms with Crippen molar-refractivity contribution in [3.8, 4) is 10.8 Å². The van der Waals surface area contributed by atoms with Gasteiger partial charge in [0.1, 0.15) is 0 Å². The summed E-state index contributed by atoms with van der Waals surface area (Å²) in [5.41, 5.74) is 0. The van der Waals surface area contributed by atoms with Gasteiger partial charge in [0.05, 0.1) is 15.8 Å². The summed E-state index contributed by atoms with van der Waals surface area (Å²) in [7, 11) is 0. The van der Waals surface area contributed by atoms with Crippen molar-refractivity contribution < 1.29 is 9.63 Å². The van der Waals surface area contributed by atoms with Gasteiger partial charge in [-0.2, -0.15) is 4.98 Å². The molecule has 0 aromatic carbocycles. The lowest BCUT2D eigenvalue weighted by Crippen LogP contribution is -1.92. The van der Waals surface area contributed by atoms with E-state index >= 15 is 0 Å². The van der Waals surface area contributed by atoms with Crippen LogP contribution in [0.5, 0.6) is 0 Å². The normalized spacial score (nSPS) is 10.7. The van der Waals surface area contributed by atoms with E-state index in [1.807, 2.05) is 6.07 Å². The Morgan fingerprint density at radius 1 is 1.50 bits per heavy atom. The minimum absolute atomic E-state index is 0.0180. The van der Waals surface area contributed by atoms with Crippen molar-refractivity contribution in [2.75, 3.05) is 6.61 Å². The van der Waals surface area contributed by atoms with E-state index in [2.05, 4.69) is 10.1 Å². The van der Waals surface area contributed by atoms with Crippen molar-refractivity contribution in [2.45, 2.75) is 6.42 Å². The Bertz CT molecular complexity index is 426. The van der Waals surface area contributed by atoms with Gasteiger partial charge < -0.3 is 9.63 Å². The second-order valence-electron chi connectivity index (χ2n) is 2.59. The lowest BCUT2D eigenvalue weighted by Gasteiger charge is -1.84. The molecule has 2 aromatic heterocycles. The summed E-state index contributed by atoms with van der Waals surface area (Å²) >= 11 is 7.15. The molecule has 6 heteroatoms. The highest BCUT2D eigenvalue weighted by atomic mass is 35.5. The van der Waals surface area contributed by atoms with Gasteiger partial charge in [0.25, 0.3) is 5.89 Å². The van der Waals surface area contributed by atoms with Gasteiger partial charge in [-0.15, -0.1) is 11.3 Å². The van der Waals surface area contributed by atoms with Crippen LogP contribution in [-0.2, 0) is 6.42 Å². The molecule has 0 saturated carbocycles. The number of nitrogens with zero attached hydrogens (tertiary/aromatic N) is 2. The topological polar surface area (TPSA) is 59.2 Å². The van der Waals surface area contributed by atoms with E-state index in [4.69, 9.17) is 21.2 Å².